The molecule has 6 nitrogen and oxygen atoms in total. The molecular weight excluding hydrogens is 286 g/mol. The van der Waals surface area contributed by atoms with Crippen LogP contribution in [-0.4, -0.2) is 35.8 Å². The van der Waals surface area contributed by atoms with Crippen LogP contribution in [-0.2, 0) is 11.2 Å². The van der Waals surface area contributed by atoms with Crippen LogP contribution >= 0.6 is 11.3 Å². The fraction of sp³-hybridized carbons (Fsp3) is 0.571. The van der Waals surface area contributed by atoms with Gasteiger partial charge in [0, 0.05) is 18.5 Å². The number of anilines is 2. The van der Waals surface area contributed by atoms with E-state index < -0.39 is 0 Å². The summed E-state index contributed by atoms with van der Waals surface area (Å²) in [5.41, 5.74) is 2.57. The number of nitrogens with zero attached hydrogens (tertiary/aromatic N) is 3. The molecule has 0 aromatic carbocycles. The minimum absolute atomic E-state index is 0.207. The van der Waals surface area contributed by atoms with Crippen molar-refractivity contribution in [3.63, 3.8) is 0 Å². The van der Waals surface area contributed by atoms with Crippen LogP contribution in [0.3, 0.4) is 0 Å². The predicted octanol–water partition coefficient (Wildman–Crippen LogP) is 2.15. The molecule has 3 heterocycles. The van der Waals surface area contributed by atoms with E-state index in [1.54, 1.807) is 11.3 Å². The molecule has 114 valence electrons. The van der Waals surface area contributed by atoms with Gasteiger partial charge in [0.25, 0.3) is 0 Å². The van der Waals surface area contributed by atoms with E-state index in [9.17, 15) is 0 Å². The number of aromatic nitrogens is 2. The van der Waals surface area contributed by atoms with Crippen molar-refractivity contribution in [3.05, 3.63) is 10.9 Å². The molecule has 2 atom stereocenters. The lowest BCUT2D eigenvalue weighted by Gasteiger charge is -2.28. The second kappa shape index (κ2) is 5.75. The normalized spacial score (nSPS) is 21.9. The lowest BCUT2D eigenvalue weighted by molar-refractivity contribution is 0.118. The quantitative estimate of drug-likeness (QED) is 0.666. The number of nitrogens with one attached hydrogen (secondary N) is 1. The molecule has 2 aromatic heterocycles. The Balaban J connectivity index is 2.08. The van der Waals surface area contributed by atoms with Gasteiger partial charge in [-0.1, -0.05) is 6.92 Å². The van der Waals surface area contributed by atoms with Crippen LogP contribution in [0.5, 0.6) is 0 Å². The summed E-state index contributed by atoms with van der Waals surface area (Å²) in [7, 11) is 2.07. The Morgan fingerprint density at radius 2 is 2.33 bits per heavy atom. The molecular formula is C14H21N5OS. The molecule has 0 amide bonds. The number of fused-ring (bicyclic) bond motifs is 1. The standard InChI is InChI=1S/C14H21N5OS/c1-4-9-7-10-12(16-14(18-15)17-13(10)21-9)19(3)11-5-6-20-8(11)2/h7-8,11H,4-6,15H2,1-3H3,(H,16,17,18). The summed E-state index contributed by atoms with van der Waals surface area (Å²) >= 11 is 1.70. The number of hydrogen-bond acceptors (Lipinski definition) is 7. The number of nitrogens with two attached hydrogens (primary N) is 1. The molecule has 1 aliphatic rings. The Morgan fingerprint density at radius 1 is 1.52 bits per heavy atom. The molecule has 3 rings (SSSR count). The minimum atomic E-state index is 0.207. The Hall–Kier alpha value is -1.44. The minimum Gasteiger partial charge on any atom is -0.376 e. The summed E-state index contributed by atoms with van der Waals surface area (Å²) in [6.45, 7) is 5.06. The molecule has 3 N–H and O–H groups in total. The van der Waals surface area contributed by atoms with Crippen LogP contribution in [0.25, 0.3) is 10.2 Å². The molecule has 2 aromatic rings. The second-order valence-electron chi connectivity index (χ2n) is 5.34. The third kappa shape index (κ3) is 2.56. The molecule has 1 aliphatic heterocycles. The molecule has 1 fully saturated rings. The molecule has 0 saturated carbocycles. The third-order valence-corrected chi connectivity index (χ3v) is 5.24. The average Bonchev–Trinajstić information content (AvgIpc) is 3.10. The lowest BCUT2D eigenvalue weighted by atomic mass is 10.1. The van der Waals surface area contributed by atoms with Gasteiger partial charge in [0.2, 0.25) is 5.95 Å². The maximum atomic E-state index is 5.68. The van der Waals surface area contributed by atoms with Gasteiger partial charge >= 0.3 is 0 Å². The molecule has 0 aliphatic carbocycles. The molecule has 1 saturated heterocycles. The summed E-state index contributed by atoms with van der Waals surface area (Å²) in [6.07, 6.45) is 2.22. The van der Waals surface area contributed by atoms with Crippen molar-refractivity contribution in [2.24, 2.45) is 5.84 Å². The van der Waals surface area contributed by atoms with Crippen molar-refractivity contribution in [1.82, 2.24) is 9.97 Å². The van der Waals surface area contributed by atoms with Crippen LogP contribution in [0, 0.1) is 0 Å². The van der Waals surface area contributed by atoms with E-state index in [4.69, 9.17) is 10.6 Å². The Bertz CT molecular complexity index is 644. The topological polar surface area (TPSA) is 76.3 Å². The first-order valence-electron chi connectivity index (χ1n) is 7.25. The van der Waals surface area contributed by atoms with Gasteiger partial charge in [0.1, 0.15) is 10.6 Å². The Labute approximate surface area is 128 Å². The molecule has 0 radical (unpaired) electrons. The third-order valence-electron chi connectivity index (χ3n) is 4.07. The van der Waals surface area contributed by atoms with Gasteiger partial charge in [0.05, 0.1) is 17.5 Å². The maximum Gasteiger partial charge on any atom is 0.240 e. The van der Waals surface area contributed by atoms with Crippen molar-refractivity contribution < 1.29 is 4.74 Å². The fourth-order valence-electron chi connectivity index (χ4n) is 2.85. The highest BCUT2D eigenvalue weighted by Gasteiger charge is 2.30. The largest absolute Gasteiger partial charge is 0.376 e. The van der Waals surface area contributed by atoms with Crippen molar-refractivity contribution >= 4 is 33.3 Å². The average molecular weight is 307 g/mol. The lowest BCUT2D eigenvalue weighted by Crippen LogP contribution is -2.37. The molecule has 2 unspecified atom stereocenters. The van der Waals surface area contributed by atoms with Gasteiger partial charge in [-0.15, -0.1) is 11.3 Å². The highest BCUT2D eigenvalue weighted by molar-refractivity contribution is 7.18. The molecule has 0 bridgehead atoms. The van der Waals surface area contributed by atoms with Gasteiger partial charge < -0.3 is 9.64 Å². The zero-order chi connectivity index (χ0) is 15.0. The van der Waals surface area contributed by atoms with E-state index in [2.05, 4.69) is 47.3 Å². The highest BCUT2D eigenvalue weighted by Crippen LogP contribution is 2.34. The number of ether oxygens (including phenoxy) is 1. The predicted molar refractivity (Wildman–Crippen MR) is 86.8 cm³/mol. The van der Waals surface area contributed by atoms with Crippen LogP contribution in [0.1, 0.15) is 25.1 Å². The fourth-order valence-corrected chi connectivity index (χ4v) is 3.81. The van der Waals surface area contributed by atoms with Gasteiger partial charge in [0.15, 0.2) is 0 Å². The number of aryl methyl sites for hydroxylation is 1. The van der Waals surface area contributed by atoms with Gasteiger partial charge in [-0.2, -0.15) is 4.98 Å². The first-order valence-corrected chi connectivity index (χ1v) is 8.07. The summed E-state index contributed by atoms with van der Waals surface area (Å²) in [4.78, 5) is 13.5. The summed E-state index contributed by atoms with van der Waals surface area (Å²) in [5.74, 6) is 6.90. The van der Waals surface area contributed by atoms with Crippen molar-refractivity contribution in [2.45, 2.75) is 38.8 Å². The zero-order valence-corrected chi connectivity index (χ0v) is 13.4. The maximum absolute atomic E-state index is 5.68. The van der Waals surface area contributed by atoms with Gasteiger partial charge in [-0.25, -0.2) is 10.8 Å². The number of hydrogen-bond donors (Lipinski definition) is 2. The molecule has 21 heavy (non-hydrogen) atoms. The Kier molecular flexibility index (Phi) is 3.97. The van der Waals surface area contributed by atoms with E-state index >= 15 is 0 Å². The van der Waals surface area contributed by atoms with Crippen LogP contribution in [0.4, 0.5) is 11.8 Å². The van der Waals surface area contributed by atoms with E-state index in [0.29, 0.717) is 12.0 Å². The van der Waals surface area contributed by atoms with Crippen LogP contribution in [0.15, 0.2) is 6.07 Å². The number of hydrazine groups is 1. The second-order valence-corrected chi connectivity index (χ2v) is 6.46. The van der Waals surface area contributed by atoms with E-state index in [1.165, 1.54) is 4.88 Å². The van der Waals surface area contributed by atoms with Gasteiger partial charge in [-0.3, -0.25) is 5.43 Å². The molecule has 7 heteroatoms. The number of rotatable bonds is 4. The van der Waals surface area contributed by atoms with Crippen molar-refractivity contribution in [1.29, 1.82) is 0 Å². The summed E-state index contributed by atoms with van der Waals surface area (Å²) < 4.78 is 5.68. The smallest absolute Gasteiger partial charge is 0.240 e. The van der Waals surface area contributed by atoms with Crippen LogP contribution in [0.2, 0.25) is 0 Å². The first-order chi connectivity index (χ1) is 10.1. The van der Waals surface area contributed by atoms with E-state index in [1.807, 2.05) is 0 Å². The number of likely N-dealkylation sites (N-methyl/N-ethyl adjacent to an activating group) is 1. The first kappa shape index (κ1) is 14.5. The van der Waals surface area contributed by atoms with E-state index in [0.717, 1.165) is 35.5 Å². The summed E-state index contributed by atoms with van der Waals surface area (Å²) in [5, 5.41) is 1.09. The summed E-state index contributed by atoms with van der Waals surface area (Å²) in [6, 6.07) is 2.52. The number of nitrogen functional groups attached to an aromatic ring is 1. The van der Waals surface area contributed by atoms with E-state index in [-0.39, 0.29) is 6.10 Å². The SMILES string of the molecule is CCc1cc2c(N(C)C3CCOC3C)nc(NN)nc2s1. The monoisotopic (exact) mass is 307 g/mol. The molecule has 0 spiro atoms. The van der Waals surface area contributed by atoms with Gasteiger partial charge in [-0.05, 0) is 25.8 Å². The Morgan fingerprint density at radius 3 is 2.95 bits per heavy atom. The number of thiophene rings is 1. The van der Waals surface area contributed by atoms with Crippen molar-refractivity contribution in [2.75, 3.05) is 24.0 Å². The zero-order valence-electron chi connectivity index (χ0n) is 12.6. The van der Waals surface area contributed by atoms with Crippen molar-refractivity contribution in [3.8, 4) is 0 Å². The van der Waals surface area contributed by atoms with Crippen LogP contribution < -0.4 is 16.2 Å². The highest BCUT2D eigenvalue weighted by atomic mass is 32.1.